The van der Waals surface area contributed by atoms with E-state index in [4.69, 9.17) is 0 Å². The fourth-order valence-corrected chi connectivity index (χ4v) is 3.86. The van der Waals surface area contributed by atoms with Crippen LogP contribution in [-0.4, -0.2) is 42.5 Å². The molecule has 0 aliphatic carbocycles. The van der Waals surface area contributed by atoms with Crippen LogP contribution < -0.4 is 16.0 Å². The van der Waals surface area contributed by atoms with Crippen LogP contribution in [0.15, 0.2) is 59.1 Å². The second-order valence-corrected chi connectivity index (χ2v) is 9.23. The van der Waals surface area contributed by atoms with Crippen molar-refractivity contribution < 1.29 is 9.59 Å². The Kier molecular flexibility index (Phi) is 10.2. The van der Waals surface area contributed by atoms with Gasteiger partial charge >= 0.3 is 0 Å². The molecule has 0 saturated heterocycles. The molecule has 0 fully saturated rings. The van der Waals surface area contributed by atoms with Crippen LogP contribution in [0.3, 0.4) is 0 Å². The Morgan fingerprint density at radius 2 is 1.70 bits per heavy atom. The summed E-state index contributed by atoms with van der Waals surface area (Å²) >= 11 is 5.05. The maximum atomic E-state index is 12.9. The molecule has 2 aromatic rings. The molecule has 2 unspecified atom stereocenters. The molecule has 0 aromatic heterocycles. The Morgan fingerprint density at radius 1 is 1.03 bits per heavy atom. The molecule has 2 amide bonds. The molecule has 0 bridgehead atoms. The minimum atomic E-state index is -0.582. The van der Waals surface area contributed by atoms with Crippen molar-refractivity contribution in [3.8, 4) is 0 Å². The normalized spacial score (nSPS) is 12.8. The summed E-state index contributed by atoms with van der Waals surface area (Å²) in [5.41, 5.74) is 1.54. The summed E-state index contributed by atoms with van der Waals surface area (Å²) in [7, 11) is 0. The van der Waals surface area contributed by atoms with Gasteiger partial charge in [0.25, 0.3) is 5.91 Å². The lowest BCUT2D eigenvalue weighted by Crippen LogP contribution is -2.50. The zero-order chi connectivity index (χ0) is 21.9. The van der Waals surface area contributed by atoms with E-state index >= 15 is 0 Å². The molecule has 5 nitrogen and oxygen atoms in total. The van der Waals surface area contributed by atoms with Gasteiger partial charge in [0.05, 0.1) is 5.56 Å². The van der Waals surface area contributed by atoms with Gasteiger partial charge in [0.2, 0.25) is 5.91 Å². The Bertz CT molecular complexity index is 817. The van der Waals surface area contributed by atoms with Gasteiger partial charge in [-0.2, -0.15) is 11.8 Å². The van der Waals surface area contributed by atoms with Gasteiger partial charge in [-0.3, -0.25) is 9.59 Å². The Balaban J connectivity index is 2.01. The van der Waals surface area contributed by atoms with E-state index < -0.39 is 6.04 Å². The average molecular weight is 492 g/mol. The highest BCUT2D eigenvalue weighted by Gasteiger charge is 2.23. The zero-order valence-electron chi connectivity index (χ0n) is 17.7. The first-order valence-electron chi connectivity index (χ1n) is 10.1. The van der Waals surface area contributed by atoms with Crippen molar-refractivity contribution in [2.24, 2.45) is 5.92 Å². The highest BCUT2D eigenvalue weighted by molar-refractivity contribution is 9.10. The summed E-state index contributed by atoms with van der Waals surface area (Å²) in [5, 5.41) is 9.40. The summed E-state index contributed by atoms with van der Waals surface area (Å²) < 4.78 is 0.707. The van der Waals surface area contributed by atoms with Crippen LogP contribution in [0.5, 0.6) is 0 Å². The largest absolute Gasteiger partial charge is 0.380 e. The number of carbonyl (C=O) groups is 2. The Labute approximate surface area is 191 Å². The number of nitrogens with one attached hydrogen (secondary N) is 3. The molecule has 0 spiro atoms. The summed E-state index contributed by atoms with van der Waals surface area (Å²) in [6.45, 7) is 4.71. The van der Waals surface area contributed by atoms with Crippen molar-refractivity contribution in [3.63, 3.8) is 0 Å². The second-order valence-electron chi connectivity index (χ2n) is 7.39. The zero-order valence-corrected chi connectivity index (χ0v) is 20.1. The SMILES string of the molecule is CSCCC(NC(=O)c1ccccc1Br)C(=O)NCC(Nc1ccccc1)C(C)C. The third-order valence-corrected chi connectivity index (χ3v) is 6.11. The van der Waals surface area contributed by atoms with Gasteiger partial charge in [-0.25, -0.2) is 0 Å². The average Bonchev–Trinajstić information content (AvgIpc) is 2.74. The van der Waals surface area contributed by atoms with E-state index in [1.165, 1.54) is 0 Å². The van der Waals surface area contributed by atoms with Gasteiger partial charge in [-0.15, -0.1) is 0 Å². The van der Waals surface area contributed by atoms with Gasteiger partial charge < -0.3 is 16.0 Å². The Hall–Kier alpha value is -1.99. The molecular formula is C23H30BrN3O2S. The number of rotatable bonds is 11. The van der Waals surface area contributed by atoms with Crippen LogP contribution >= 0.6 is 27.7 Å². The topological polar surface area (TPSA) is 70.2 Å². The molecule has 162 valence electrons. The molecule has 30 heavy (non-hydrogen) atoms. The highest BCUT2D eigenvalue weighted by atomic mass is 79.9. The summed E-state index contributed by atoms with van der Waals surface area (Å²) in [6.07, 6.45) is 2.56. The van der Waals surface area contributed by atoms with Gasteiger partial charge in [0, 0.05) is 22.7 Å². The molecule has 2 aromatic carbocycles. The molecule has 0 heterocycles. The number of para-hydroxylation sites is 1. The van der Waals surface area contributed by atoms with Crippen molar-refractivity contribution in [1.29, 1.82) is 0 Å². The van der Waals surface area contributed by atoms with Crippen LogP contribution in [0.1, 0.15) is 30.6 Å². The molecule has 0 aliphatic heterocycles. The Morgan fingerprint density at radius 3 is 2.33 bits per heavy atom. The first-order valence-corrected chi connectivity index (χ1v) is 12.2. The van der Waals surface area contributed by atoms with E-state index in [1.807, 2.05) is 48.7 Å². The molecule has 2 atom stereocenters. The van der Waals surface area contributed by atoms with Crippen LogP contribution in [0.25, 0.3) is 0 Å². The fourth-order valence-electron chi connectivity index (χ4n) is 2.92. The predicted octanol–water partition coefficient (Wildman–Crippen LogP) is 4.55. The van der Waals surface area contributed by atoms with Crippen LogP contribution in [0, 0.1) is 5.92 Å². The maximum absolute atomic E-state index is 12.9. The first-order chi connectivity index (χ1) is 14.4. The molecule has 3 N–H and O–H groups in total. The smallest absolute Gasteiger partial charge is 0.253 e. The van der Waals surface area contributed by atoms with Crippen LogP contribution in [-0.2, 0) is 4.79 Å². The summed E-state index contributed by atoms with van der Waals surface area (Å²) in [4.78, 5) is 25.6. The number of hydrogen-bond acceptors (Lipinski definition) is 4. The van der Waals surface area contributed by atoms with Gasteiger partial charge in [-0.1, -0.05) is 44.2 Å². The molecule has 0 aliphatic rings. The number of amides is 2. The van der Waals surface area contributed by atoms with Crippen molar-refractivity contribution in [3.05, 3.63) is 64.6 Å². The number of halogens is 1. The molecule has 7 heteroatoms. The van der Waals surface area contributed by atoms with E-state index in [0.29, 0.717) is 28.9 Å². The number of thioether (sulfide) groups is 1. The van der Waals surface area contributed by atoms with Crippen molar-refractivity contribution in [2.75, 3.05) is 23.9 Å². The van der Waals surface area contributed by atoms with E-state index in [9.17, 15) is 9.59 Å². The molecule has 2 rings (SSSR count). The van der Waals surface area contributed by atoms with Crippen molar-refractivity contribution >= 4 is 45.2 Å². The summed E-state index contributed by atoms with van der Waals surface area (Å²) in [6, 6.07) is 16.7. The van der Waals surface area contributed by atoms with E-state index in [2.05, 4.69) is 45.7 Å². The minimum absolute atomic E-state index is 0.0801. The molecular weight excluding hydrogens is 462 g/mol. The third-order valence-electron chi connectivity index (χ3n) is 4.78. The lowest BCUT2D eigenvalue weighted by atomic mass is 10.0. The lowest BCUT2D eigenvalue weighted by Gasteiger charge is -2.25. The van der Waals surface area contributed by atoms with E-state index in [1.54, 1.807) is 23.9 Å². The number of hydrogen-bond donors (Lipinski definition) is 3. The lowest BCUT2D eigenvalue weighted by molar-refractivity contribution is -0.123. The third kappa shape index (κ3) is 7.69. The van der Waals surface area contributed by atoms with Crippen molar-refractivity contribution in [2.45, 2.75) is 32.4 Å². The van der Waals surface area contributed by atoms with Crippen LogP contribution in [0.4, 0.5) is 5.69 Å². The van der Waals surface area contributed by atoms with Crippen molar-refractivity contribution in [1.82, 2.24) is 10.6 Å². The first kappa shape index (κ1) is 24.3. The molecule has 0 radical (unpaired) electrons. The highest BCUT2D eigenvalue weighted by Crippen LogP contribution is 2.16. The maximum Gasteiger partial charge on any atom is 0.253 e. The summed E-state index contributed by atoms with van der Waals surface area (Å²) in [5.74, 6) is 0.686. The van der Waals surface area contributed by atoms with Gasteiger partial charge in [0.1, 0.15) is 6.04 Å². The standard InChI is InChI=1S/C23H30BrN3O2S/c1-16(2)21(26-17-9-5-4-6-10-17)15-25-23(29)20(13-14-30-3)27-22(28)18-11-7-8-12-19(18)24/h4-12,16,20-21,26H,13-15H2,1-3H3,(H,25,29)(H,27,28). The number of carbonyl (C=O) groups excluding carboxylic acids is 2. The second kappa shape index (κ2) is 12.6. The van der Waals surface area contributed by atoms with Gasteiger partial charge in [0.15, 0.2) is 0 Å². The quantitative estimate of drug-likeness (QED) is 0.431. The minimum Gasteiger partial charge on any atom is -0.380 e. The van der Waals surface area contributed by atoms with E-state index in [0.717, 1.165) is 11.4 Å². The monoisotopic (exact) mass is 491 g/mol. The number of anilines is 1. The number of benzene rings is 2. The van der Waals surface area contributed by atoms with E-state index in [-0.39, 0.29) is 17.9 Å². The van der Waals surface area contributed by atoms with Gasteiger partial charge in [-0.05, 0) is 64.5 Å². The van der Waals surface area contributed by atoms with Crippen LogP contribution in [0.2, 0.25) is 0 Å². The predicted molar refractivity (Wildman–Crippen MR) is 130 cm³/mol. The fraction of sp³-hybridized carbons (Fsp3) is 0.391. The molecule has 0 saturated carbocycles.